The van der Waals surface area contributed by atoms with Crippen LogP contribution in [0.25, 0.3) is 0 Å². The number of nitrogens with one attached hydrogen (secondary N) is 1. The lowest BCUT2D eigenvalue weighted by molar-refractivity contribution is 0.305. The lowest BCUT2D eigenvalue weighted by atomic mass is 9.85. The number of hydrogen-bond donors (Lipinski definition) is 1. The van der Waals surface area contributed by atoms with Gasteiger partial charge in [-0.2, -0.15) is 0 Å². The number of methoxy groups -OCH3 is 2. The van der Waals surface area contributed by atoms with E-state index in [1.54, 1.807) is 14.2 Å². The highest BCUT2D eigenvalue weighted by Gasteiger charge is 2.25. The van der Waals surface area contributed by atoms with E-state index in [4.69, 9.17) is 21.1 Å². The fourth-order valence-corrected chi connectivity index (χ4v) is 2.58. The predicted octanol–water partition coefficient (Wildman–Crippen LogP) is 3.91. The Kier molecular flexibility index (Phi) is 5.95. The summed E-state index contributed by atoms with van der Waals surface area (Å²) >= 11 is 6.32. The topological polar surface area (TPSA) is 30.5 Å². The maximum absolute atomic E-state index is 6.32. The van der Waals surface area contributed by atoms with Crippen LogP contribution in [0.1, 0.15) is 32.4 Å². The Balaban J connectivity index is 3.28. The number of rotatable bonds is 6. The van der Waals surface area contributed by atoms with Crippen molar-refractivity contribution in [3.05, 3.63) is 22.7 Å². The maximum Gasteiger partial charge on any atom is 0.146 e. The highest BCUT2D eigenvalue weighted by Crippen LogP contribution is 2.42. The minimum Gasteiger partial charge on any atom is -0.495 e. The lowest BCUT2D eigenvalue weighted by Gasteiger charge is -2.29. The summed E-state index contributed by atoms with van der Waals surface area (Å²) in [5.74, 6) is 2.34. The number of halogens is 1. The van der Waals surface area contributed by atoms with Crippen LogP contribution in [-0.4, -0.2) is 21.3 Å². The first-order valence-electron chi connectivity index (χ1n) is 6.55. The van der Waals surface area contributed by atoms with Crippen molar-refractivity contribution in [2.24, 2.45) is 11.8 Å². The standard InChI is InChI=1S/C15H24ClNO2/c1-9(2)10(3)14(17-4)11-7-8-12(18-5)13(16)15(11)19-6/h7-10,14,17H,1-6H3. The van der Waals surface area contributed by atoms with Gasteiger partial charge in [-0.3, -0.25) is 0 Å². The lowest BCUT2D eigenvalue weighted by Crippen LogP contribution is -2.27. The molecule has 1 aromatic rings. The molecule has 2 atom stereocenters. The Morgan fingerprint density at radius 2 is 1.74 bits per heavy atom. The van der Waals surface area contributed by atoms with Crippen LogP contribution in [-0.2, 0) is 0 Å². The van der Waals surface area contributed by atoms with Crippen LogP contribution in [0.15, 0.2) is 12.1 Å². The Morgan fingerprint density at radius 3 is 2.16 bits per heavy atom. The van der Waals surface area contributed by atoms with E-state index in [2.05, 4.69) is 26.1 Å². The Labute approximate surface area is 121 Å². The molecule has 0 saturated heterocycles. The molecule has 0 spiro atoms. The van der Waals surface area contributed by atoms with Gasteiger partial charge in [0.05, 0.1) is 14.2 Å². The van der Waals surface area contributed by atoms with Crippen LogP contribution >= 0.6 is 11.6 Å². The minimum absolute atomic E-state index is 0.193. The summed E-state index contributed by atoms with van der Waals surface area (Å²) in [6.07, 6.45) is 0. The maximum atomic E-state index is 6.32. The van der Waals surface area contributed by atoms with Gasteiger partial charge in [0.2, 0.25) is 0 Å². The zero-order chi connectivity index (χ0) is 14.6. The first-order chi connectivity index (χ1) is 8.97. The smallest absolute Gasteiger partial charge is 0.146 e. The monoisotopic (exact) mass is 285 g/mol. The van der Waals surface area contributed by atoms with Gasteiger partial charge in [-0.05, 0) is 31.0 Å². The molecule has 2 unspecified atom stereocenters. The van der Waals surface area contributed by atoms with Crippen molar-refractivity contribution in [1.29, 1.82) is 0 Å². The Morgan fingerprint density at radius 1 is 1.11 bits per heavy atom. The van der Waals surface area contributed by atoms with Crippen molar-refractivity contribution in [3.8, 4) is 11.5 Å². The summed E-state index contributed by atoms with van der Waals surface area (Å²) in [7, 11) is 5.20. The number of ether oxygens (including phenoxy) is 2. The molecular formula is C15H24ClNO2. The van der Waals surface area contributed by atoms with Gasteiger partial charge in [0, 0.05) is 11.6 Å². The molecule has 0 amide bonds. The van der Waals surface area contributed by atoms with Gasteiger partial charge in [0.15, 0.2) is 0 Å². The normalized spacial score (nSPS) is 14.3. The zero-order valence-electron chi connectivity index (χ0n) is 12.6. The summed E-state index contributed by atoms with van der Waals surface area (Å²) in [6, 6.07) is 4.10. The van der Waals surface area contributed by atoms with Crippen LogP contribution in [0.5, 0.6) is 11.5 Å². The van der Waals surface area contributed by atoms with Gasteiger partial charge in [-0.25, -0.2) is 0 Å². The van der Waals surface area contributed by atoms with E-state index < -0.39 is 0 Å². The predicted molar refractivity (Wildman–Crippen MR) is 80.4 cm³/mol. The summed E-state index contributed by atoms with van der Waals surface area (Å²) in [5, 5.41) is 3.89. The molecule has 0 aromatic heterocycles. The van der Waals surface area contributed by atoms with Gasteiger partial charge in [0.25, 0.3) is 0 Å². The SMILES string of the molecule is CNC(c1ccc(OC)c(Cl)c1OC)C(C)C(C)C. The second kappa shape index (κ2) is 7.01. The summed E-state index contributed by atoms with van der Waals surface area (Å²) in [5.41, 5.74) is 1.07. The molecule has 3 nitrogen and oxygen atoms in total. The van der Waals surface area contributed by atoms with E-state index in [0.717, 1.165) is 5.56 Å². The van der Waals surface area contributed by atoms with Crippen LogP contribution in [0, 0.1) is 11.8 Å². The van der Waals surface area contributed by atoms with E-state index in [9.17, 15) is 0 Å². The third-order valence-electron chi connectivity index (χ3n) is 3.74. The average Bonchev–Trinajstić information content (AvgIpc) is 2.39. The van der Waals surface area contributed by atoms with E-state index >= 15 is 0 Å². The molecule has 0 saturated carbocycles. The molecule has 0 aliphatic heterocycles. The first kappa shape index (κ1) is 16.1. The Bertz CT molecular complexity index is 421. The van der Waals surface area contributed by atoms with Crippen molar-refractivity contribution < 1.29 is 9.47 Å². The third kappa shape index (κ3) is 3.34. The fraction of sp³-hybridized carbons (Fsp3) is 0.600. The molecule has 4 heteroatoms. The highest BCUT2D eigenvalue weighted by atomic mass is 35.5. The second-order valence-electron chi connectivity index (χ2n) is 5.07. The van der Waals surface area contributed by atoms with Crippen molar-refractivity contribution in [2.45, 2.75) is 26.8 Å². The molecule has 0 radical (unpaired) electrons. The summed E-state index contributed by atoms with van der Waals surface area (Å²) in [4.78, 5) is 0. The van der Waals surface area contributed by atoms with E-state index in [1.165, 1.54) is 0 Å². The molecule has 1 N–H and O–H groups in total. The van der Waals surface area contributed by atoms with Crippen molar-refractivity contribution in [1.82, 2.24) is 5.32 Å². The van der Waals surface area contributed by atoms with E-state index in [0.29, 0.717) is 28.4 Å². The zero-order valence-corrected chi connectivity index (χ0v) is 13.3. The molecule has 0 fully saturated rings. The van der Waals surface area contributed by atoms with Crippen LogP contribution in [0.4, 0.5) is 0 Å². The first-order valence-corrected chi connectivity index (χ1v) is 6.93. The Hall–Kier alpha value is -0.930. The number of hydrogen-bond acceptors (Lipinski definition) is 3. The molecule has 0 aliphatic rings. The highest BCUT2D eigenvalue weighted by molar-refractivity contribution is 6.33. The quantitative estimate of drug-likeness (QED) is 0.860. The van der Waals surface area contributed by atoms with Gasteiger partial charge in [-0.1, -0.05) is 32.4 Å². The molecule has 1 aromatic carbocycles. The molecular weight excluding hydrogens is 262 g/mol. The number of benzene rings is 1. The molecule has 1 rings (SSSR count). The third-order valence-corrected chi connectivity index (χ3v) is 4.10. The summed E-state index contributed by atoms with van der Waals surface area (Å²) in [6.45, 7) is 6.66. The van der Waals surface area contributed by atoms with Gasteiger partial charge >= 0.3 is 0 Å². The van der Waals surface area contributed by atoms with Crippen LogP contribution < -0.4 is 14.8 Å². The van der Waals surface area contributed by atoms with Crippen LogP contribution in [0.2, 0.25) is 5.02 Å². The van der Waals surface area contributed by atoms with Crippen molar-refractivity contribution in [3.63, 3.8) is 0 Å². The fourth-order valence-electron chi connectivity index (χ4n) is 2.25. The average molecular weight is 286 g/mol. The van der Waals surface area contributed by atoms with Crippen molar-refractivity contribution >= 4 is 11.6 Å². The molecule has 0 aliphatic carbocycles. The van der Waals surface area contributed by atoms with Gasteiger partial charge in [0.1, 0.15) is 16.5 Å². The van der Waals surface area contributed by atoms with Gasteiger partial charge < -0.3 is 14.8 Å². The molecule has 0 heterocycles. The largest absolute Gasteiger partial charge is 0.495 e. The van der Waals surface area contributed by atoms with Crippen LogP contribution in [0.3, 0.4) is 0 Å². The molecule has 19 heavy (non-hydrogen) atoms. The molecule has 0 bridgehead atoms. The minimum atomic E-state index is 0.193. The molecule has 108 valence electrons. The van der Waals surface area contributed by atoms with E-state index in [1.807, 2.05) is 19.2 Å². The van der Waals surface area contributed by atoms with Crippen molar-refractivity contribution in [2.75, 3.05) is 21.3 Å². The van der Waals surface area contributed by atoms with E-state index in [-0.39, 0.29) is 6.04 Å². The summed E-state index contributed by atoms with van der Waals surface area (Å²) < 4.78 is 10.7. The van der Waals surface area contributed by atoms with Gasteiger partial charge in [-0.15, -0.1) is 0 Å². The second-order valence-corrected chi connectivity index (χ2v) is 5.45.